The van der Waals surface area contributed by atoms with Gasteiger partial charge in [-0.25, -0.2) is 0 Å². The largest absolute Gasteiger partial charge is 0.493 e. The van der Waals surface area contributed by atoms with E-state index < -0.39 is 0 Å². The molecule has 1 rings (SSSR count). The Kier molecular flexibility index (Phi) is 5.86. The van der Waals surface area contributed by atoms with Crippen molar-refractivity contribution in [1.82, 2.24) is 10.3 Å². The third kappa shape index (κ3) is 5.12. The van der Waals surface area contributed by atoms with E-state index >= 15 is 0 Å². The minimum atomic E-state index is 0.683. The summed E-state index contributed by atoms with van der Waals surface area (Å²) in [4.78, 5) is 4.28. The smallest absolute Gasteiger partial charge is 0.122 e. The van der Waals surface area contributed by atoms with Crippen molar-refractivity contribution in [1.29, 1.82) is 0 Å². The van der Waals surface area contributed by atoms with Gasteiger partial charge >= 0.3 is 0 Å². The van der Waals surface area contributed by atoms with E-state index in [-0.39, 0.29) is 0 Å². The first-order chi connectivity index (χ1) is 7.72. The Labute approximate surface area is 98.2 Å². The molecule has 0 amide bonds. The molecule has 3 heteroatoms. The van der Waals surface area contributed by atoms with Crippen LogP contribution in [0.1, 0.15) is 32.9 Å². The van der Waals surface area contributed by atoms with Crippen molar-refractivity contribution in [2.75, 3.05) is 13.2 Å². The molecular formula is C13H22N2O. The average Bonchev–Trinajstić information content (AvgIpc) is 2.26. The molecule has 3 nitrogen and oxygen atoms in total. The van der Waals surface area contributed by atoms with Crippen LogP contribution in [0.4, 0.5) is 0 Å². The number of hydrogen-bond acceptors (Lipinski definition) is 3. The van der Waals surface area contributed by atoms with E-state index in [1.807, 2.05) is 12.1 Å². The molecule has 90 valence electrons. The Morgan fingerprint density at radius 3 is 2.94 bits per heavy atom. The Hall–Kier alpha value is -1.09. The lowest BCUT2D eigenvalue weighted by Gasteiger charge is -2.09. The fraction of sp³-hybridized carbons (Fsp3) is 0.615. The lowest BCUT2D eigenvalue weighted by molar-refractivity contribution is 0.289. The summed E-state index contributed by atoms with van der Waals surface area (Å²) in [5.74, 6) is 1.60. The topological polar surface area (TPSA) is 34.1 Å². The monoisotopic (exact) mass is 222 g/mol. The van der Waals surface area contributed by atoms with Gasteiger partial charge in [0, 0.05) is 18.8 Å². The van der Waals surface area contributed by atoms with Gasteiger partial charge < -0.3 is 10.1 Å². The second kappa shape index (κ2) is 7.23. The molecule has 0 saturated heterocycles. The second-order valence-corrected chi connectivity index (χ2v) is 4.29. The van der Waals surface area contributed by atoms with Crippen LogP contribution in [0.3, 0.4) is 0 Å². The van der Waals surface area contributed by atoms with E-state index in [1.54, 1.807) is 6.20 Å². The third-order valence-electron chi connectivity index (χ3n) is 2.31. The Balaban J connectivity index is 2.40. The minimum Gasteiger partial charge on any atom is -0.493 e. The Morgan fingerprint density at radius 2 is 2.25 bits per heavy atom. The van der Waals surface area contributed by atoms with Crippen molar-refractivity contribution in [3.63, 3.8) is 0 Å². The first kappa shape index (κ1) is 13.0. The van der Waals surface area contributed by atoms with Crippen molar-refractivity contribution >= 4 is 0 Å². The van der Waals surface area contributed by atoms with Crippen LogP contribution < -0.4 is 10.1 Å². The maximum Gasteiger partial charge on any atom is 0.122 e. The van der Waals surface area contributed by atoms with Gasteiger partial charge in [-0.2, -0.15) is 0 Å². The molecule has 0 aromatic carbocycles. The molecule has 0 atom stereocenters. The van der Waals surface area contributed by atoms with Crippen molar-refractivity contribution in [3.05, 3.63) is 24.0 Å². The van der Waals surface area contributed by atoms with Crippen LogP contribution in [0.25, 0.3) is 0 Å². The SMILES string of the molecule is CCNCc1cc(OCCC(C)C)ccn1. The zero-order valence-electron chi connectivity index (χ0n) is 10.5. The van der Waals surface area contributed by atoms with Gasteiger partial charge in [0.15, 0.2) is 0 Å². The summed E-state index contributed by atoms with van der Waals surface area (Å²) in [7, 11) is 0. The number of nitrogens with one attached hydrogen (secondary N) is 1. The molecule has 0 spiro atoms. The zero-order chi connectivity index (χ0) is 11.8. The van der Waals surface area contributed by atoms with E-state index in [0.29, 0.717) is 5.92 Å². The zero-order valence-corrected chi connectivity index (χ0v) is 10.5. The van der Waals surface area contributed by atoms with E-state index in [2.05, 4.69) is 31.1 Å². The first-order valence-corrected chi connectivity index (χ1v) is 6.00. The summed E-state index contributed by atoms with van der Waals surface area (Å²) in [6.45, 7) is 9.03. The third-order valence-corrected chi connectivity index (χ3v) is 2.31. The fourth-order valence-electron chi connectivity index (χ4n) is 1.31. The summed E-state index contributed by atoms with van der Waals surface area (Å²) in [6, 6.07) is 3.92. The second-order valence-electron chi connectivity index (χ2n) is 4.29. The highest BCUT2D eigenvalue weighted by atomic mass is 16.5. The van der Waals surface area contributed by atoms with Gasteiger partial charge in [0.05, 0.1) is 12.3 Å². The highest BCUT2D eigenvalue weighted by molar-refractivity contribution is 5.22. The molecule has 1 N–H and O–H groups in total. The summed E-state index contributed by atoms with van der Waals surface area (Å²) in [5, 5.41) is 3.25. The molecule has 0 aliphatic heterocycles. The maximum atomic E-state index is 5.67. The van der Waals surface area contributed by atoms with Crippen LogP contribution in [0.5, 0.6) is 5.75 Å². The van der Waals surface area contributed by atoms with Crippen LogP contribution in [0.15, 0.2) is 18.3 Å². The summed E-state index contributed by atoms with van der Waals surface area (Å²) < 4.78 is 5.67. The molecule has 1 heterocycles. The predicted octanol–water partition coefficient (Wildman–Crippen LogP) is 2.62. The number of aromatic nitrogens is 1. The Bertz CT molecular complexity index is 300. The molecule has 1 aromatic heterocycles. The molecule has 0 fully saturated rings. The number of ether oxygens (including phenoxy) is 1. The number of hydrogen-bond donors (Lipinski definition) is 1. The van der Waals surface area contributed by atoms with E-state index in [9.17, 15) is 0 Å². The molecular weight excluding hydrogens is 200 g/mol. The van der Waals surface area contributed by atoms with Gasteiger partial charge in [-0.05, 0) is 24.9 Å². The molecule has 16 heavy (non-hydrogen) atoms. The average molecular weight is 222 g/mol. The molecule has 1 aromatic rings. The van der Waals surface area contributed by atoms with Gasteiger partial charge in [-0.15, -0.1) is 0 Å². The molecule has 0 saturated carbocycles. The molecule has 0 unspecified atom stereocenters. The van der Waals surface area contributed by atoms with Crippen molar-refractivity contribution in [2.45, 2.75) is 33.7 Å². The van der Waals surface area contributed by atoms with Gasteiger partial charge in [-0.3, -0.25) is 4.98 Å². The summed E-state index contributed by atoms with van der Waals surface area (Å²) >= 11 is 0. The number of pyridine rings is 1. The highest BCUT2D eigenvalue weighted by Crippen LogP contribution is 2.12. The minimum absolute atomic E-state index is 0.683. The molecule has 0 bridgehead atoms. The van der Waals surface area contributed by atoms with E-state index in [4.69, 9.17) is 4.74 Å². The lowest BCUT2D eigenvalue weighted by atomic mass is 10.1. The van der Waals surface area contributed by atoms with Gasteiger partial charge in [-0.1, -0.05) is 20.8 Å². The number of rotatable bonds is 7. The summed E-state index contributed by atoms with van der Waals surface area (Å²) in [6.07, 6.45) is 2.89. The van der Waals surface area contributed by atoms with Crippen LogP contribution in [-0.4, -0.2) is 18.1 Å². The van der Waals surface area contributed by atoms with Crippen LogP contribution in [-0.2, 0) is 6.54 Å². The first-order valence-electron chi connectivity index (χ1n) is 6.00. The standard InChI is InChI=1S/C13H22N2O/c1-4-14-10-12-9-13(5-7-15-12)16-8-6-11(2)3/h5,7,9,11,14H,4,6,8,10H2,1-3H3. The quantitative estimate of drug-likeness (QED) is 0.770. The van der Waals surface area contributed by atoms with Crippen LogP contribution >= 0.6 is 0 Å². The number of nitrogens with zero attached hydrogens (tertiary/aromatic N) is 1. The Morgan fingerprint density at radius 1 is 1.44 bits per heavy atom. The lowest BCUT2D eigenvalue weighted by Crippen LogP contribution is -2.13. The fourth-order valence-corrected chi connectivity index (χ4v) is 1.31. The van der Waals surface area contributed by atoms with Crippen LogP contribution in [0, 0.1) is 5.92 Å². The summed E-state index contributed by atoms with van der Waals surface area (Å²) in [5.41, 5.74) is 1.03. The molecule has 0 aliphatic carbocycles. The van der Waals surface area contributed by atoms with Crippen molar-refractivity contribution in [2.24, 2.45) is 5.92 Å². The van der Waals surface area contributed by atoms with Gasteiger partial charge in [0.1, 0.15) is 5.75 Å². The molecule has 0 aliphatic rings. The predicted molar refractivity (Wildman–Crippen MR) is 66.6 cm³/mol. The van der Waals surface area contributed by atoms with Crippen molar-refractivity contribution in [3.8, 4) is 5.75 Å². The van der Waals surface area contributed by atoms with Gasteiger partial charge in [0.2, 0.25) is 0 Å². The molecule has 0 radical (unpaired) electrons. The van der Waals surface area contributed by atoms with E-state index in [1.165, 1.54) is 0 Å². The maximum absolute atomic E-state index is 5.67. The highest BCUT2D eigenvalue weighted by Gasteiger charge is 1.99. The van der Waals surface area contributed by atoms with Crippen molar-refractivity contribution < 1.29 is 4.74 Å². The van der Waals surface area contributed by atoms with E-state index in [0.717, 1.165) is 37.6 Å². The van der Waals surface area contributed by atoms with Gasteiger partial charge in [0.25, 0.3) is 0 Å². The van der Waals surface area contributed by atoms with Crippen LogP contribution in [0.2, 0.25) is 0 Å². The normalized spacial score (nSPS) is 10.8.